The number of nitrogens with zero attached hydrogens (tertiary/aromatic N) is 1. The molecular formula is C15H30N2O. The van der Waals surface area contributed by atoms with Gasteiger partial charge in [0.2, 0.25) is 0 Å². The van der Waals surface area contributed by atoms with Crippen molar-refractivity contribution in [1.29, 1.82) is 0 Å². The van der Waals surface area contributed by atoms with Gasteiger partial charge in [-0.05, 0) is 38.0 Å². The van der Waals surface area contributed by atoms with Crippen molar-refractivity contribution in [2.24, 2.45) is 11.1 Å². The summed E-state index contributed by atoms with van der Waals surface area (Å²) in [5.41, 5.74) is 6.80. The lowest BCUT2D eigenvalue weighted by atomic mass is 9.73. The van der Waals surface area contributed by atoms with Crippen molar-refractivity contribution in [3.8, 4) is 0 Å². The predicted octanol–water partition coefficient (Wildman–Crippen LogP) is 2.39. The van der Waals surface area contributed by atoms with Gasteiger partial charge in [-0.3, -0.25) is 4.90 Å². The molecule has 1 atom stereocenters. The van der Waals surface area contributed by atoms with Gasteiger partial charge in [0.25, 0.3) is 0 Å². The first-order valence-electron chi connectivity index (χ1n) is 7.62. The van der Waals surface area contributed by atoms with Crippen molar-refractivity contribution in [3.05, 3.63) is 0 Å². The molecule has 1 saturated heterocycles. The Morgan fingerprint density at radius 1 is 1.22 bits per heavy atom. The SMILES string of the molecule is CCOC1CCN(C2(CN)CCCC2(C)C)CC1. The molecule has 2 N–H and O–H groups in total. The Morgan fingerprint density at radius 3 is 2.33 bits per heavy atom. The van der Waals surface area contributed by atoms with Crippen LogP contribution in [-0.4, -0.2) is 42.8 Å². The average molecular weight is 254 g/mol. The van der Waals surface area contributed by atoms with Gasteiger partial charge in [-0.15, -0.1) is 0 Å². The van der Waals surface area contributed by atoms with E-state index in [9.17, 15) is 0 Å². The molecule has 2 fully saturated rings. The van der Waals surface area contributed by atoms with Crippen LogP contribution in [0.25, 0.3) is 0 Å². The second kappa shape index (κ2) is 5.48. The number of likely N-dealkylation sites (tertiary alicyclic amines) is 1. The van der Waals surface area contributed by atoms with E-state index in [4.69, 9.17) is 10.5 Å². The van der Waals surface area contributed by atoms with E-state index in [0.717, 1.165) is 26.2 Å². The Hall–Kier alpha value is -0.120. The summed E-state index contributed by atoms with van der Waals surface area (Å²) >= 11 is 0. The van der Waals surface area contributed by atoms with Gasteiger partial charge in [-0.2, -0.15) is 0 Å². The van der Waals surface area contributed by atoms with Crippen LogP contribution in [0, 0.1) is 5.41 Å². The molecule has 3 nitrogen and oxygen atoms in total. The molecule has 18 heavy (non-hydrogen) atoms. The number of ether oxygens (including phenoxy) is 1. The summed E-state index contributed by atoms with van der Waals surface area (Å²) in [7, 11) is 0. The molecule has 1 unspecified atom stereocenters. The molecule has 3 heteroatoms. The zero-order valence-electron chi connectivity index (χ0n) is 12.4. The highest BCUT2D eigenvalue weighted by molar-refractivity contribution is 5.07. The van der Waals surface area contributed by atoms with Crippen LogP contribution in [0.5, 0.6) is 0 Å². The van der Waals surface area contributed by atoms with Crippen molar-refractivity contribution in [1.82, 2.24) is 4.90 Å². The lowest BCUT2D eigenvalue weighted by molar-refractivity contribution is -0.0476. The maximum Gasteiger partial charge on any atom is 0.0599 e. The predicted molar refractivity (Wildman–Crippen MR) is 75.6 cm³/mol. The number of hydrogen-bond donors (Lipinski definition) is 1. The van der Waals surface area contributed by atoms with Crippen molar-refractivity contribution in [3.63, 3.8) is 0 Å². The number of rotatable bonds is 4. The van der Waals surface area contributed by atoms with Crippen LogP contribution in [0.4, 0.5) is 0 Å². The van der Waals surface area contributed by atoms with E-state index < -0.39 is 0 Å². The summed E-state index contributed by atoms with van der Waals surface area (Å²) in [6.45, 7) is 10.9. The minimum Gasteiger partial charge on any atom is -0.378 e. The first-order valence-corrected chi connectivity index (χ1v) is 7.62. The topological polar surface area (TPSA) is 38.5 Å². The fraction of sp³-hybridized carbons (Fsp3) is 1.00. The first kappa shape index (κ1) is 14.3. The smallest absolute Gasteiger partial charge is 0.0599 e. The third-order valence-corrected chi connectivity index (χ3v) is 5.44. The molecule has 0 aromatic rings. The standard InChI is InChI=1S/C15H30N2O/c1-4-18-13-6-10-17(11-7-13)15(12-16)9-5-8-14(15,2)3/h13H,4-12,16H2,1-3H3. The van der Waals surface area contributed by atoms with Crippen molar-refractivity contribution < 1.29 is 4.74 Å². The summed E-state index contributed by atoms with van der Waals surface area (Å²) in [5, 5.41) is 0. The normalized spacial score (nSPS) is 34.0. The Bertz CT molecular complexity index is 272. The van der Waals surface area contributed by atoms with Crippen LogP contribution in [0.2, 0.25) is 0 Å². The highest BCUT2D eigenvalue weighted by atomic mass is 16.5. The Labute approximate surface area is 112 Å². The maximum absolute atomic E-state index is 6.20. The van der Waals surface area contributed by atoms with Gasteiger partial charge in [0.05, 0.1) is 6.10 Å². The molecule has 2 rings (SSSR count). The molecule has 0 aromatic carbocycles. The third kappa shape index (κ3) is 2.33. The Morgan fingerprint density at radius 2 is 1.89 bits per heavy atom. The van der Waals surface area contributed by atoms with E-state index in [1.54, 1.807) is 0 Å². The van der Waals surface area contributed by atoms with Crippen LogP contribution >= 0.6 is 0 Å². The van der Waals surface area contributed by atoms with E-state index in [2.05, 4.69) is 25.7 Å². The van der Waals surface area contributed by atoms with Crippen LogP contribution in [0.1, 0.15) is 52.9 Å². The summed E-state index contributed by atoms with van der Waals surface area (Å²) in [6, 6.07) is 0. The number of hydrogen-bond acceptors (Lipinski definition) is 3. The maximum atomic E-state index is 6.20. The Balaban J connectivity index is 2.03. The van der Waals surface area contributed by atoms with E-state index in [0.29, 0.717) is 11.5 Å². The molecule has 1 saturated carbocycles. The summed E-state index contributed by atoms with van der Waals surface area (Å²) in [4.78, 5) is 2.68. The molecular weight excluding hydrogens is 224 g/mol. The van der Waals surface area contributed by atoms with Crippen LogP contribution in [-0.2, 0) is 4.74 Å². The zero-order chi connectivity index (χ0) is 13.2. The summed E-state index contributed by atoms with van der Waals surface area (Å²) in [5.74, 6) is 0. The van der Waals surface area contributed by atoms with Gasteiger partial charge in [-0.25, -0.2) is 0 Å². The molecule has 0 bridgehead atoms. The fourth-order valence-corrected chi connectivity index (χ4v) is 4.17. The molecule has 2 aliphatic rings. The van der Waals surface area contributed by atoms with Gasteiger partial charge in [0.1, 0.15) is 0 Å². The van der Waals surface area contributed by atoms with Gasteiger partial charge >= 0.3 is 0 Å². The quantitative estimate of drug-likeness (QED) is 0.837. The minimum atomic E-state index is 0.240. The average Bonchev–Trinajstić information content (AvgIpc) is 2.66. The molecule has 106 valence electrons. The number of piperidine rings is 1. The highest BCUT2D eigenvalue weighted by Crippen LogP contribution is 2.49. The van der Waals surface area contributed by atoms with E-state index in [-0.39, 0.29) is 5.54 Å². The fourth-order valence-electron chi connectivity index (χ4n) is 4.17. The van der Waals surface area contributed by atoms with Crippen LogP contribution in [0.15, 0.2) is 0 Å². The molecule has 0 amide bonds. The van der Waals surface area contributed by atoms with Gasteiger partial charge in [0.15, 0.2) is 0 Å². The largest absolute Gasteiger partial charge is 0.378 e. The van der Waals surface area contributed by atoms with Crippen molar-refractivity contribution >= 4 is 0 Å². The van der Waals surface area contributed by atoms with Gasteiger partial charge in [0, 0.05) is 31.8 Å². The monoisotopic (exact) mass is 254 g/mol. The van der Waals surface area contributed by atoms with Gasteiger partial charge < -0.3 is 10.5 Å². The lowest BCUT2D eigenvalue weighted by Crippen LogP contribution is -2.62. The molecule has 1 aliphatic carbocycles. The molecule has 0 radical (unpaired) electrons. The summed E-state index contributed by atoms with van der Waals surface area (Å²) < 4.78 is 5.75. The zero-order valence-corrected chi connectivity index (χ0v) is 12.4. The second-order valence-electron chi connectivity index (χ2n) is 6.61. The van der Waals surface area contributed by atoms with Crippen molar-refractivity contribution in [2.45, 2.75) is 64.5 Å². The van der Waals surface area contributed by atoms with Crippen molar-refractivity contribution in [2.75, 3.05) is 26.2 Å². The Kier molecular flexibility index (Phi) is 4.35. The lowest BCUT2D eigenvalue weighted by Gasteiger charge is -2.51. The number of nitrogens with two attached hydrogens (primary N) is 1. The van der Waals surface area contributed by atoms with Gasteiger partial charge in [-0.1, -0.05) is 20.3 Å². The third-order valence-electron chi connectivity index (χ3n) is 5.44. The molecule has 0 aromatic heterocycles. The molecule has 0 spiro atoms. The van der Waals surface area contributed by atoms with E-state index >= 15 is 0 Å². The first-order chi connectivity index (χ1) is 8.55. The molecule has 1 aliphatic heterocycles. The van der Waals surface area contributed by atoms with Crippen LogP contribution < -0.4 is 5.73 Å². The minimum absolute atomic E-state index is 0.240. The highest BCUT2D eigenvalue weighted by Gasteiger charge is 2.51. The van der Waals surface area contributed by atoms with E-state index in [1.807, 2.05) is 0 Å². The van der Waals surface area contributed by atoms with Crippen LogP contribution in [0.3, 0.4) is 0 Å². The second-order valence-corrected chi connectivity index (χ2v) is 6.61. The summed E-state index contributed by atoms with van der Waals surface area (Å²) in [6.07, 6.45) is 6.74. The van der Waals surface area contributed by atoms with E-state index in [1.165, 1.54) is 32.1 Å². The molecule has 1 heterocycles.